The molecule has 40 heavy (non-hydrogen) atoms. The Hall–Kier alpha value is -4.80. The third kappa shape index (κ3) is 6.42. The SMILES string of the molecule is O=C1NC(=S)N(c2ccc(Oc3ccccc3)cc2)C(=O)/C1=C/c1ccc(OS(=O)(=O)Cc2ccccc2)cc1. The van der Waals surface area contributed by atoms with Crippen LogP contribution < -0.4 is 19.1 Å². The van der Waals surface area contributed by atoms with Gasteiger partial charge in [0, 0.05) is 0 Å². The molecule has 1 aliphatic heterocycles. The Morgan fingerprint density at radius 3 is 1.98 bits per heavy atom. The molecule has 0 aromatic heterocycles. The predicted octanol–water partition coefficient (Wildman–Crippen LogP) is 5.22. The number of nitrogens with one attached hydrogen (secondary N) is 1. The van der Waals surface area contributed by atoms with Crippen molar-refractivity contribution in [1.82, 2.24) is 5.32 Å². The van der Waals surface area contributed by atoms with Gasteiger partial charge in [0.25, 0.3) is 11.8 Å². The fourth-order valence-corrected chi connectivity index (χ4v) is 5.27. The molecule has 1 N–H and O–H groups in total. The molecule has 0 radical (unpaired) electrons. The normalized spacial score (nSPS) is 14.7. The first-order chi connectivity index (χ1) is 19.3. The Kier molecular flexibility index (Phi) is 7.72. The van der Waals surface area contributed by atoms with Crippen LogP contribution in [0.25, 0.3) is 6.08 Å². The number of thiocarbonyl (C=S) groups is 1. The predicted molar refractivity (Wildman–Crippen MR) is 155 cm³/mol. The Morgan fingerprint density at radius 2 is 1.32 bits per heavy atom. The number of amides is 2. The highest BCUT2D eigenvalue weighted by Gasteiger charge is 2.34. The molecule has 0 unspecified atom stereocenters. The van der Waals surface area contributed by atoms with E-state index in [1.54, 1.807) is 66.7 Å². The lowest BCUT2D eigenvalue weighted by atomic mass is 10.1. The van der Waals surface area contributed by atoms with Crippen molar-refractivity contribution in [2.24, 2.45) is 0 Å². The molecule has 4 aromatic rings. The Bertz CT molecular complexity index is 1690. The summed E-state index contributed by atoms with van der Waals surface area (Å²) in [5, 5.41) is 2.50. The molecule has 0 bridgehead atoms. The maximum Gasteiger partial charge on any atom is 0.313 e. The maximum absolute atomic E-state index is 13.3. The van der Waals surface area contributed by atoms with Crippen molar-refractivity contribution in [3.8, 4) is 17.2 Å². The van der Waals surface area contributed by atoms with Crippen LogP contribution in [0.15, 0.2) is 115 Å². The van der Waals surface area contributed by atoms with E-state index in [4.69, 9.17) is 21.1 Å². The van der Waals surface area contributed by atoms with Gasteiger partial charge in [0.1, 0.15) is 28.6 Å². The zero-order valence-corrected chi connectivity index (χ0v) is 22.5. The number of carbonyl (C=O) groups is 2. The fourth-order valence-electron chi connectivity index (χ4n) is 3.92. The van der Waals surface area contributed by atoms with Crippen LogP contribution in [0.3, 0.4) is 0 Å². The zero-order valence-electron chi connectivity index (χ0n) is 20.9. The lowest BCUT2D eigenvalue weighted by Gasteiger charge is -2.29. The van der Waals surface area contributed by atoms with Gasteiger partial charge in [-0.05, 0) is 78.0 Å². The van der Waals surface area contributed by atoms with E-state index in [2.05, 4.69) is 5.32 Å². The van der Waals surface area contributed by atoms with Crippen LogP contribution in [-0.4, -0.2) is 25.3 Å². The summed E-state index contributed by atoms with van der Waals surface area (Å²) in [6.07, 6.45) is 1.40. The minimum absolute atomic E-state index is 0.0451. The van der Waals surface area contributed by atoms with Crippen molar-refractivity contribution in [3.05, 3.63) is 126 Å². The molecule has 10 heteroatoms. The van der Waals surface area contributed by atoms with Crippen molar-refractivity contribution in [3.63, 3.8) is 0 Å². The number of hydrogen-bond donors (Lipinski definition) is 1. The van der Waals surface area contributed by atoms with E-state index in [9.17, 15) is 18.0 Å². The molecule has 0 atom stereocenters. The van der Waals surface area contributed by atoms with Gasteiger partial charge in [-0.15, -0.1) is 0 Å². The zero-order chi connectivity index (χ0) is 28.1. The van der Waals surface area contributed by atoms with Gasteiger partial charge in [-0.2, -0.15) is 8.42 Å². The minimum atomic E-state index is -3.87. The average molecular weight is 571 g/mol. The molecule has 4 aromatic carbocycles. The second-order valence-corrected chi connectivity index (χ2v) is 10.7. The number of carbonyl (C=O) groups excluding carboxylic acids is 2. The van der Waals surface area contributed by atoms with Gasteiger partial charge in [0.05, 0.1) is 5.69 Å². The number of benzene rings is 4. The van der Waals surface area contributed by atoms with Crippen LogP contribution in [0.2, 0.25) is 0 Å². The average Bonchev–Trinajstić information content (AvgIpc) is 2.93. The Morgan fingerprint density at radius 1 is 0.750 bits per heavy atom. The van der Waals surface area contributed by atoms with Crippen LogP contribution >= 0.6 is 12.2 Å². The van der Waals surface area contributed by atoms with Gasteiger partial charge in [-0.1, -0.05) is 60.7 Å². The number of anilines is 1. The second kappa shape index (κ2) is 11.5. The summed E-state index contributed by atoms with van der Waals surface area (Å²) >= 11 is 5.27. The summed E-state index contributed by atoms with van der Waals surface area (Å²) in [5.74, 6) is -0.167. The lowest BCUT2D eigenvalue weighted by Crippen LogP contribution is -2.54. The van der Waals surface area contributed by atoms with Gasteiger partial charge < -0.3 is 8.92 Å². The molecule has 200 valence electrons. The van der Waals surface area contributed by atoms with E-state index in [0.29, 0.717) is 28.3 Å². The highest BCUT2D eigenvalue weighted by Crippen LogP contribution is 2.27. The smallest absolute Gasteiger partial charge is 0.313 e. The van der Waals surface area contributed by atoms with Crippen LogP contribution in [0.5, 0.6) is 17.2 Å². The highest BCUT2D eigenvalue weighted by molar-refractivity contribution is 7.86. The van der Waals surface area contributed by atoms with Gasteiger partial charge >= 0.3 is 10.1 Å². The fraction of sp³-hybridized carbons (Fsp3) is 0.0333. The van der Waals surface area contributed by atoms with Gasteiger partial charge in [-0.3, -0.25) is 19.8 Å². The Labute approximate surface area is 236 Å². The third-order valence-electron chi connectivity index (χ3n) is 5.78. The summed E-state index contributed by atoms with van der Waals surface area (Å²) in [6, 6.07) is 30.7. The van der Waals surface area contributed by atoms with E-state index in [0.717, 1.165) is 0 Å². The van der Waals surface area contributed by atoms with Crippen LogP contribution in [0.4, 0.5) is 5.69 Å². The number of hydrogen-bond acceptors (Lipinski definition) is 7. The van der Waals surface area contributed by atoms with Crippen LogP contribution in [-0.2, 0) is 25.5 Å². The van der Waals surface area contributed by atoms with Crippen LogP contribution in [0.1, 0.15) is 11.1 Å². The number of para-hydroxylation sites is 1. The monoisotopic (exact) mass is 570 g/mol. The summed E-state index contributed by atoms with van der Waals surface area (Å²) in [4.78, 5) is 27.2. The van der Waals surface area contributed by atoms with Gasteiger partial charge in [-0.25, -0.2) is 0 Å². The molecule has 1 fully saturated rings. The van der Waals surface area contributed by atoms with Crippen molar-refractivity contribution < 1.29 is 26.9 Å². The first-order valence-corrected chi connectivity index (χ1v) is 14.1. The Balaban J connectivity index is 1.30. The largest absolute Gasteiger partial charge is 0.457 e. The van der Waals surface area contributed by atoms with Crippen molar-refractivity contribution in [2.45, 2.75) is 5.75 Å². The molecule has 0 spiro atoms. The molecular weight excluding hydrogens is 548 g/mol. The molecule has 0 aliphatic carbocycles. The maximum atomic E-state index is 13.3. The minimum Gasteiger partial charge on any atom is -0.457 e. The van der Waals surface area contributed by atoms with Gasteiger partial charge in [0.15, 0.2) is 5.11 Å². The molecule has 1 heterocycles. The van der Waals surface area contributed by atoms with E-state index in [1.165, 1.54) is 23.1 Å². The van der Waals surface area contributed by atoms with E-state index >= 15 is 0 Å². The molecule has 1 aliphatic rings. The first-order valence-electron chi connectivity index (χ1n) is 12.1. The summed E-state index contributed by atoms with van der Waals surface area (Å²) < 4.78 is 35.8. The topological polar surface area (TPSA) is 102 Å². The quantitative estimate of drug-likeness (QED) is 0.134. The summed E-state index contributed by atoms with van der Waals surface area (Å²) in [7, 11) is -3.87. The third-order valence-corrected chi connectivity index (χ3v) is 7.19. The number of nitrogens with zero attached hydrogens (tertiary/aromatic N) is 1. The molecule has 0 saturated carbocycles. The summed E-state index contributed by atoms with van der Waals surface area (Å²) in [5.41, 5.74) is 1.41. The van der Waals surface area contributed by atoms with Crippen LogP contribution in [0, 0.1) is 0 Å². The molecular formula is C30H22N2O6S2. The van der Waals surface area contributed by atoms with Gasteiger partial charge in [0.2, 0.25) is 0 Å². The second-order valence-electron chi connectivity index (χ2n) is 8.71. The first kappa shape index (κ1) is 26.8. The highest BCUT2D eigenvalue weighted by atomic mass is 32.2. The molecule has 8 nitrogen and oxygen atoms in total. The van der Waals surface area contributed by atoms with E-state index in [1.807, 2.05) is 30.3 Å². The summed E-state index contributed by atoms with van der Waals surface area (Å²) in [6.45, 7) is 0. The van der Waals surface area contributed by atoms with Crippen molar-refractivity contribution in [2.75, 3.05) is 4.90 Å². The molecule has 1 saturated heterocycles. The van der Waals surface area contributed by atoms with Crippen molar-refractivity contribution >= 4 is 51.0 Å². The lowest BCUT2D eigenvalue weighted by molar-refractivity contribution is -0.122. The number of rotatable bonds is 8. The van der Waals surface area contributed by atoms with Crippen molar-refractivity contribution in [1.29, 1.82) is 0 Å². The standard InChI is InChI=1S/C30H22N2O6S2/c33-28-27(19-21-11-15-26(16-12-21)38-40(35,36)20-22-7-3-1-4-8-22)29(34)32(30(39)31-28)23-13-17-25(18-14-23)37-24-9-5-2-6-10-24/h1-19H,20H2,(H,31,33,39)/b27-19+. The van der Waals surface area contributed by atoms with E-state index < -0.39 is 21.9 Å². The number of ether oxygens (including phenoxy) is 1. The van der Waals surface area contributed by atoms with E-state index in [-0.39, 0.29) is 22.2 Å². The molecule has 2 amide bonds. The molecule has 5 rings (SSSR count).